The molecule has 2 aromatic rings. The third-order valence-corrected chi connectivity index (χ3v) is 3.80. The fourth-order valence-electron chi connectivity index (χ4n) is 2.18. The fraction of sp³-hybridized carbons (Fsp3) is 0.263. The van der Waals surface area contributed by atoms with Gasteiger partial charge < -0.3 is 10.1 Å². The van der Waals surface area contributed by atoms with Crippen LogP contribution in [0.2, 0.25) is 0 Å². The maximum Gasteiger partial charge on any atom is 0.387 e. The Bertz CT molecular complexity index is 721. The number of benzene rings is 2. The summed E-state index contributed by atoms with van der Waals surface area (Å²) >= 11 is 5.19. The zero-order chi connectivity index (χ0) is 18.8. The van der Waals surface area contributed by atoms with Gasteiger partial charge in [-0.15, -0.1) is 0 Å². The number of rotatable bonds is 8. The van der Waals surface area contributed by atoms with Gasteiger partial charge in [-0.3, -0.25) is 5.43 Å². The summed E-state index contributed by atoms with van der Waals surface area (Å²) in [6.45, 7) is -0.268. The molecule has 138 valence electrons. The quantitative estimate of drug-likeness (QED) is 0.410. The van der Waals surface area contributed by atoms with Crippen LogP contribution in [0.1, 0.15) is 24.5 Å². The molecule has 26 heavy (non-hydrogen) atoms. The first-order valence-electron chi connectivity index (χ1n) is 8.17. The van der Waals surface area contributed by atoms with Crippen LogP contribution < -0.4 is 15.5 Å². The Morgan fingerprint density at radius 1 is 1.08 bits per heavy atom. The zero-order valence-electron chi connectivity index (χ0n) is 14.4. The van der Waals surface area contributed by atoms with Crippen molar-refractivity contribution < 1.29 is 13.5 Å². The van der Waals surface area contributed by atoms with Gasteiger partial charge in [0, 0.05) is 12.3 Å². The number of nitrogens with one attached hydrogen (secondary N) is 2. The Morgan fingerprint density at radius 3 is 2.42 bits per heavy atom. The van der Waals surface area contributed by atoms with Gasteiger partial charge in [0.2, 0.25) is 0 Å². The second-order valence-corrected chi connectivity index (χ2v) is 6.06. The smallest absolute Gasteiger partial charge is 0.387 e. The summed E-state index contributed by atoms with van der Waals surface area (Å²) in [7, 11) is 0. The van der Waals surface area contributed by atoms with Gasteiger partial charge in [0.1, 0.15) is 5.75 Å². The molecule has 0 heterocycles. The predicted octanol–water partition coefficient (Wildman–Crippen LogP) is 4.26. The molecule has 2 aromatic carbocycles. The topological polar surface area (TPSA) is 45.6 Å². The van der Waals surface area contributed by atoms with Crippen molar-refractivity contribution in [2.75, 3.05) is 0 Å². The van der Waals surface area contributed by atoms with Gasteiger partial charge in [0.25, 0.3) is 0 Å². The van der Waals surface area contributed by atoms with E-state index in [1.807, 2.05) is 37.3 Å². The average molecular weight is 377 g/mol. The summed E-state index contributed by atoms with van der Waals surface area (Å²) in [4.78, 5) is 0. The van der Waals surface area contributed by atoms with E-state index in [1.54, 1.807) is 12.1 Å². The van der Waals surface area contributed by atoms with Crippen LogP contribution in [0.25, 0.3) is 0 Å². The van der Waals surface area contributed by atoms with Crippen LogP contribution in [0.5, 0.6) is 5.75 Å². The lowest BCUT2D eigenvalue weighted by molar-refractivity contribution is -0.0498. The minimum absolute atomic E-state index is 0.158. The molecular formula is C19H21F2N3OS. The molecule has 0 unspecified atom stereocenters. The molecule has 2 N–H and O–H groups in total. The Labute approximate surface area is 157 Å². The lowest BCUT2D eigenvalue weighted by Gasteiger charge is -2.08. The van der Waals surface area contributed by atoms with Gasteiger partial charge in [-0.1, -0.05) is 42.5 Å². The number of aryl methyl sites for hydroxylation is 1. The molecule has 0 atom stereocenters. The molecule has 0 saturated heterocycles. The number of thiocarbonyl (C=S) groups is 1. The molecular weight excluding hydrogens is 356 g/mol. The van der Waals surface area contributed by atoms with Crippen LogP contribution in [-0.2, 0) is 13.0 Å². The standard InChI is InChI=1S/C19H21F2N3OS/c1-14(7-8-15-9-11-17(12-10-15)25-18(20)21)23-24-19(26)22-13-16-5-3-2-4-6-16/h2-6,9-12,18H,7-8,13H2,1H3,(H2,22,24,26)/b23-14-. The molecule has 7 heteroatoms. The Kier molecular flexibility index (Phi) is 7.95. The molecule has 0 aliphatic heterocycles. The highest BCUT2D eigenvalue weighted by Crippen LogP contribution is 2.15. The van der Waals surface area contributed by atoms with E-state index < -0.39 is 6.61 Å². The van der Waals surface area contributed by atoms with Crippen LogP contribution in [0, 0.1) is 0 Å². The highest BCUT2D eigenvalue weighted by molar-refractivity contribution is 7.80. The third kappa shape index (κ3) is 7.57. The number of ether oxygens (including phenoxy) is 1. The molecule has 4 nitrogen and oxygen atoms in total. The van der Waals surface area contributed by atoms with E-state index in [-0.39, 0.29) is 5.75 Å². The molecule has 0 saturated carbocycles. The molecule has 0 radical (unpaired) electrons. The normalized spacial score (nSPS) is 11.3. The number of halogens is 2. The minimum Gasteiger partial charge on any atom is -0.435 e. The highest BCUT2D eigenvalue weighted by atomic mass is 32.1. The Morgan fingerprint density at radius 2 is 1.77 bits per heavy atom. The number of hydrogen-bond donors (Lipinski definition) is 2. The molecule has 0 aliphatic carbocycles. The van der Waals surface area contributed by atoms with Crippen molar-refractivity contribution >= 4 is 23.0 Å². The van der Waals surface area contributed by atoms with E-state index in [4.69, 9.17) is 12.2 Å². The fourth-order valence-corrected chi connectivity index (χ4v) is 2.30. The summed E-state index contributed by atoms with van der Waals surface area (Å²) in [6, 6.07) is 16.6. The molecule has 0 spiro atoms. The lowest BCUT2D eigenvalue weighted by atomic mass is 10.1. The third-order valence-electron chi connectivity index (χ3n) is 3.57. The average Bonchev–Trinajstić information content (AvgIpc) is 2.64. The molecule has 0 bridgehead atoms. The van der Waals surface area contributed by atoms with Gasteiger partial charge in [-0.25, -0.2) is 0 Å². The maximum absolute atomic E-state index is 12.1. The lowest BCUT2D eigenvalue weighted by Crippen LogP contribution is -2.32. The summed E-state index contributed by atoms with van der Waals surface area (Å²) in [5, 5.41) is 7.80. The molecule has 2 rings (SSSR count). The van der Waals surface area contributed by atoms with Gasteiger partial charge in [-0.2, -0.15) is 13.9 Å². The van der Waals surface area contributed by atoms with Crippen molar-refractivity contribution in [3.05, 3.63) is 65.7 Å². The molecule has 0 fully saturated rings. The summed E-state index contributed by atoms with van der Waals surface area (Å²) in [5.41, 5.74) is 5.87. The number of alkyl halides is 2. The van der Waals surface area contributed by atoms with E-state index in [2.05, 4.69) is 20.6 Å². The van der Waals surface area contributed by atoms with Gasteiger partial charge in [0.15, 0.2) is 5.11 Å². The first-order chi connectivity index (χ1) is 12.5. The summed E-state index contributed by atoms with van der Waals surface area (Å²) in [5.74, 6) is 0.158. The van der Waals surface area contributed by atoms with Crippen LogP contribution in [0.15, 0.2) is 59.7 Å². The first-order valence-corrected chi connectivity index (χ1v) is 8.58. The van der Waals surface area contributed by atoms with Gasteiger partial charge in [0.05, 0.1) is 0 Å². The summed E-state index contributed by atoms with van der Waals surface area (Å²) in [6.07, 6.45) is 1.47. The number of nitrogens with zero attached hydrogens (tertiary/aromatic N) is 1. The minimum atomic E-state index is -2.80. The largest absolute Gasteiger partial charge is 0.435 e. The second kappa shape index (κ2) is 10.5. The van der Waals surface area contributed by atoms with Crippen molar-refractivity contribution in [2.24, 2.45) is 5.10 Å². The van der Waals surface area contributed by atoms with E-state index in [0.29, 0.717) is 11.7 Å². The van der Waals surface area contributed by atoms with E-state index in [1.165, 1.54) is 12.1 Å². The monoisotopic (exact) mass is 377 g/mol. The van der Waals surface area contributed by atoms with Crippen molar-refractivity contribution in [1.29, 1.82) is 0 Å². The van der Waals surface area contributed by atoms with Crippen molar-refractivity contribution in [2.45, 2.75) is 32.9 Å². The molecule has 0 aromatic heterocycles. The molecule has 0 aliphatic rings. The highest BCUT2D eigenvalue weighted by Gasteiger charge is 2.04. The molecule has 0 amide bonds. The summed E-state index contributed by atoms with van der Waals surface area (Å²) < 4.78 is 28.6. The SMILES string of the molecule is C/C(CCc1ccc(OC(F)F)cc1)=N/NC(=S)NCc1ccccc1. The number of hydrazone groups is 1. The predicted molar refractivity (Wildman–Crippen MR) is 104 cm³/mol. The zero-order valence-corrected chi connectivity index (χ0v) is 15.2. The van der Waals surface area contributed by atoms with Crippen LogP contribution >= 0.6 is 12.2 Å². The van der Waals surface area contributed by atoms with Crippen LogP contribution in [0.4, 0.5) is 8.78 Å². The maximum atomic E-state index is 12.1. The van der Waals surface area contributed by atoms with Gasteiger partial charge >= 0.3 is 6.61 Å². The van der Waals surface area contributed by atoms with Crippen LogP contribution in [-0.4, -0.2) is 17.4 Å². The van der Waals surface area contributed by atoms with E-state index >= 15 is 0 Å². The Balaban J connectivity index is 1.71. The van der Waals surface area contributed by atoms with Crippen LogP contribution in [0.3, 0.4) is 0 Å². The first kappa shape index (κ1) is 19.8. The van der Waals surface area contributed by atoms with Crippen molar-refractivity contribution in [3.8, 4) is 5.75 Å². The Hall–Kier alpha value is -2.54. The van der Waals surface area contributed by atoms with E-state index in [9.17, 15) is 8.78 Å². The van der Waals surface area contributed by atoms with Gasteiger partial charge in [-0.05, 0) is 55.2 Å². The van der Waals surface area contributed by atoms with E-state index in [0.717, 1.165) is 29.7 Å². The second-order valence-electron chi connectivity index (χ2n) is 5.65. The van der Waals surface area contributed by atoms with Crippen molar-refractivity contribution in [3.63, 3.8) is 0 Å². The number of hydrogen-bond acceptors (Lipinski definition) is 3. The van der Waals surface area contributed by atoms with Crippen molar-refractivity contribution in [1.82, 2.24) is 10.7 Å².